The lowest BCUT2D eigenvalue weighted by atomic mass is 9.90. The number of aliphatic hydroxyl groups is 1. The molecule has 1 aromatic heterocycles. The van der Waals surface area contributed by atoms with Crippen LogP contribution < -0.4 is 5.32 Å². The van der Waals surface area contributed by atoms with E-state index in [0.29, 0.717) is 26.1 Å². The van der Waals surface area contributed by atoms with Gasteiger partial charge in [-0.1, -0.05) is 59.9 Å². The minimum absolute atomic E-state index is 0. The molecule has 1 aliphatic rings. The Hall–Kier alpha value is -3.64. The van der Waals surface area contributed by atoms with Gasteiger partial charge in [0.2, 0.25) is 5.91 Å². The van der Waals surface area contributed by atoms with E-state index in [0.717, 1.165) is 22.2 Å². The molecule has 1 amide bonds. The van der Waals surface area contributed by atoms with Gasteiger partial charge in [0, 0.05) is 47.2 Å². The minimum atomic E-state index is -0.721. The Labute approximate surface area is 260 Å². The van der Waals surface area contributed by atoms with E-state index in [2.05, 4.69) is 53.3 Å². The van der Waals surface area contributed by atoms with Gasteiger partial charge in [0.1, 0.15) is 12.1 Å². The summed E-state index contributed by atoms with van der Waals surface area (Å²) in [6.45, 7) is 5.32. The van der Waals surface area contributed by atoms with Crippen molar-refractivity contribution in [1.82, 2.24) is 20.3 Å². The fourth-order valence-electron chi connectivity index (χ4n) is 5.64. The number of rotatable bonds is 9. The van der Waals surface area contributed by atoms with Crippen molar-refractivity contribution in [1.29, 1.82) is 0 Å². The van der Waals surface area contributed by atoms with Crippen LogP contribution in [0.5, 0.6) is 0 Å². The summed E-state index contributed by atoms with van der Waals surface area (Å²) in [6, 6.07) is 23.8. The number of aromatic nitrogens is 1. The molecule has 8 heteroatoms. The van der Waals surface area contributed by atoms with Crippen molar-refractivity contribution in [3.8, 4) is 11.8 Å². The van der Waals surface area contributed by atoms with Crippen LogP contribution in [0.1, 0.15) is 34.7 Å². The van der Waals surface area contributed by atoms with Gasteiger partial charge in [-0.3, -0.25) is 9.63 Å². The summed E-state index contributed by atoms with van der Waals surface area (Å²) in [5.41, 5.74) is 6.36. The maximum Gasteiger partial charge on any atom is 0.240 e. The van der Waals surface area contributed by atoms with Gasteiger partial charge in [0.05, 0.1) is 12.6 Å². The van der Waals surface area contributed by atoms with Crippen molar-refractivity contribution in [3.63, 3.8) is 0 Å². The molecule has 3 N–H and O–H groups in total. The van der Waals surface area contributed by atoms with E-state index in [-0.39, 0.29) is 24.2 Å². The first kappa shape index (κ1) is 32.3. The normalized spacial score (nSPS) is 19.1. The summed E-state index contributed by atoms with van der Waals surface area (Å²) in [7, 11) is 3.95. The molecule has 1 aliphatic heterocycles. The number of hydroxylamine groups is 2. The Bertz CT molecular complexity index is 1550. The smallest absolute Gasteiger partial charge is 0.240 e. The monoisotopic (exact) mass is 600 g/mol. The van der Waals surface area contributed by atoms with E-state index in [1.165, 1.54) is 16.5 Å². The summed E-state index contributed by atoms with van der Waals surface area (Å²) in [4.78, 5) is 25.4. The van der Waals surface area contributed by atoms with Crippen LogP contribution in [0.3, 0.4) is 0 Å². The van der Waals surface area contributed by atoms with Crippen molar-refractivity contribution in [2.75, 3.05) is 27.2 Å². The number of benzene rings is 3. The zero-order valence-electron chi connectivity index (χ0n) is 25.2. The average molecular weight is 601 g/mol. The fraction of sp³-hybridized carbons (Fsp3) is 0.343. The number of halogens is 1. The first-order valence-corrected chi connectivity index (χ1v) is 14.5. The van der Waals surface area contributed by atoms with E-state index < -0.39 is 18.2 Å². The van der Waals surface area contributed by atoms with Crippen LogP contribution in [0, 0.1) is 24.7 Å². The first-order valence-electron chi connectivity index (χ1n) is 14.5. The zero-order valence-corrected chi connectivity index (χ0v) is 26.0. The lowest BCUT2D eigenvalue weighted by molar-refractivity contribution is -0.192. The molecule has 0 radical (unpaired) electrons. The summed E-state index contributed by atoms with van der Waals surface area (Å²) in [6.07, 6.45) is 1.51. The molecular formula is C35H41ClN4O3. The highest BCUT2D eigenvalue weighted by atomic mass is 35.5. The summed E-state index contributed by atoms with van der Waals surface area (Å²) < 4.78 is 0. The van der Waals surface area contributed by atoms with Crippen molar-refractivity contribution in [3.05, 3.63) is 107 Å². The van der Waals surface area contributed by atoms with Crippen LogP contribution in [0.15, 0.2) is 79.0 Å². The maximum absolute atomic E-state index is 13.7. The molecule has 0 spiro atoms. The molecule has 4 atom stereocenters. The molecule has 4 aromatic rings. The van der Waals surface area contributed by atoms with Gasteiger partial charge < -0.3 is 20.3 Å². The Balaban J connectivity index is 0.00000423. The average Bonchev–Trinajstić information content (AvgIpc) is 3.54. The molecular weight excluding hydrogens is 560 g/mol. The van der Waals surface area contributed by atoms with Crippen LogP contribution >= 0.6 is 12.4 Å². The number of hydrogen-bond acceptors (Lipinski definition) is 5. The zero-order chi connectivity index (χ0) is 29.6. The third kappa shape index (κ3) is 8.05. The Morgan fingerprint density at radius 2 is 1.70 bits per heavy atom. The van der Waals surface area contributed by atoms with E-state index >= 15 is 0 Å². The molecule has 0 saturated carbocycles. The highest BCUT2D eigenvalue weighted by Crippen LogP contribution is 2.32. The molecule has 1 saturated heterocycles. The van der Waals surface area contributed by atoms with Crippen LogP contribution in [0.25, 0.3) is 10.9 Å². The second kappa shape index (κ2) is 14.7. The van der Waals surface area contributed by atoms with Gasteiger partial charge in [-0.05, 0) is 75.8 Å². The largest absolute Gasteiger partial charge is 0.391 e. The number of fused-ring (bicyclic) bond motifs is 1. The molecule has 0 aliphatic carbocycles. The number of aryl methyl sites for hydroxylation is 1. The van der Waals surface area contributed by atoms with E-state index in [9.17, 15) is 9.90 Å². The number of aliphatic hydroxyl groups excluding tert-OH is 1. The number of hydrogen-bond donors (Lipinski definition) is 3. The number of nitrogens with one attached hydrogen (secondary N) is 2. The first-order chi connectivity index (χ1) is 20.3. The van der Waals surface area contributed by atoms with Gasteiger partial charge in [-0.2, -0.15) is 5.06 Å². The van der Waals surface area contributed by atoms with Crippen molar-refractivity contribution >= 4 is 29.2 Å². The second-order valence-corrected chi connectivity index (χ2v) is 11.5. The Morgan fingerprint density at radius 1 is 1.05 bits per heavy atom. The number of aromatic amines is 1. The third-order valence-corrected chi connectivity index (χ3v) is 7.78. The van der Waals surface area contributed by atoms with Crippen LogP contribution in [-0.2, 0) is 22.6 Å². The molecule has 226 valence electrons. The number of amides is 1. The molecule has 7 nitrogen and oxygen atoms in total. The van der Waals surface area contributed by atoms with Gasteiger partial charge >= 0.3 is 0 Å². The quantitative estimate of drug-likeness (QED) is 0.243. The van der Waals surface area contributed by atoms with Crippen LogP contribution in [-0.4, -0.2) is 71.4 Å². The van der Waals surface area contributed by atoms with Gasteiger partial charge in [0.15, 0.2) is 0 Å². The number of H-pyrrole nitrogens is 1. The lowest BCUT2D eigenvalue weighted by Crippen LogP contribution is -2.49. The SMILES string of the molecule is Cc1ccc(C#Cc2ccc(CN3O[C@@H]([C@@H](C)O)[C@@H](CN(C)C)[C@@H]3C(=O)NCCc3c[nH]c4ccccc34)cc2)cc1.Cl. The summed E-state index contributed by atoms with van der Waals surface area (Å²) in [5, 5.41) is 16.7. The molecule has 3 aromatic carbocycles. The minimum Gasteiger partial charge on any atom is -0.391 e. The molecule has 5 rings (SSSR count). The standard InChI is InChI=1S/C35H40N4O3.ClH/c1-24-9-11-26(12-10-24)13-14-27-15-17-28(18-16-27)22-39-33(31(23-38(3)4)34(42-39)25(2)40)35(41)36-20-19-29-21-37-32-8-6-5-7-30(29)32;/h5-12,15-18,21,25,31,33-34,37,40H,19-20,22-23H2,1-4H3,(H,36,41);1H/t25-,31+,33-,34+;/m1./s1. The lowest BCUT2D eigenvalue weighted by Gasteiger charge is -2.27. The molecule has 0 unspecified atom stereocenters. The van der Waals surface area contributed by atoms with E-state index in [1.54, 1.807) is 12.0 Å². The van der Waals surface area contributed by atoms with Crippen molar-refractivity contribution in [2.45, 2.75) is 45.1 Å². The molecule has 1 fully saturated rings. The molecule has 2 heterocycles. The highest BCUT2D eigenvalue weighted by molar-refractivity contribution is 5.85. The van der Waals surface area contributed by atoms with Crippen molar-refractivity contribution < 1.29 is 14.7 Å². The van der Waals surface area contributed by atoms with Gasteiger partial charge in [0.25, 0.3) is 0 Å². The highest BCUT2D eigenvalue weighted by Gasteiger charge is 2.48. The summed E-state index contributed by atoms with van der Waals surface area (Å²) in [5.74, 6) is 6.14. The molecule has 0 bridgehead atoms. The second-order valence-electron chi connectivity index (χ2n) is 11.5. The Kier molecular flexibility index (Phi) is 11.0. The van der Waals surface area contributed by atoms with E-state index in [1.807, 2.05) is 73.7 Å². The number of nitrogens with zero attached hydrogens (tertiary/aromatic N) is 2. The predicted octanol–water partition coefficient (Wildman–Crippen LogP) is 4.70. The topological polar surface area (TPSA) is 80.8 Å². The van der Waals surface area contributed by atoms with Crippen LogP contribution in [0.2, 0.25) is 0 Å². The van der Waals surface area contributed by atoms with Gasteiger partial charge in [-0.25, -0.2) is 0 Å². The number of carbonyl (C=O) groups is 1. The number of carbonyl (C=O) groups excluding carboxylic acids is 1. The Morgan fingerprint density at radius 3 is 2.35 bits per heavy atom. The predicted molar refractivity (Wildman–Crippen MR) is 174 cm³/mol. The van der Waals surface area contributed by atoms with Crippen molar-refractivity contribution in [2.24, 2.45) is 5.92 Å². The van der Waals surface area contributed by atoms with E-state index in [4.69, 9.17) is 4.84 Å². The number of para-hydroxylation sites is 1. The van der Waals surface area contributed by atoms with Crippen LogP contribution in [0.4, 0.5) is 0 Å². The third-order valence-electron chi connectivity index (χ3n) is 7.78. The van der Waals surface area contributed by atoms with Gasteiger partial charge in [-0.15, -0.1) is 12.4 Å². The molecule has 43 heavy (non-hydrogen) atoms. The fourth-order valence-corrected chi connectivity index (χ4v) is 5.64. The maximum atomic E-state index is 13.7. The summed E-state index contributed by atoms with van der Waals surface area (Å²) >= 11 is 0.